The second kappa shape index (κ2) is 6.58. The summed E-state index contributed by atoms with van der Waals surface area (Å²) in [6.45, 7) is 7.24. The van der Waals surface area contributed by atoms with E-state index in [1.807, 2.05) is 48.6 Å². The van der Waals surface area contributed by atoms with Crippen LogP contribution in [0.15, 0.2) is 29.6 Å². The Labute approximate surface area is 136 Å². The summed E-state index contributed by atoms with van der Waals surface area (Å²) in [7, 11) is 3.99. The van der Waals surface area contributed by atoms with Gasteiger partial charge in [0.05, 0.1) is 5.69 Å². The lowest BCUT2D eigenvalue weighted by atomic mass is 9.87. The van der Waals surface area contributed by atoms with Gasteiger partial charge in [-0.2, -0.15) is 0 Å². The maximum Gasteiger partial charge on any atom is 0.257 e. The largest absolute Gasteiger partial charge is 0.304 e. The summed E-state index contributed by atoms with van der Waals surface area (Å²) in [6, 6.07) is 7.75. The molecule has 118 valence electrons. The number of nitrogens with zero attached hydrogens (tertiary/aromatic N) is 2. The number of hydrogen-bond acceptors (Lipinski definition) is 4. The number of thiazole rings is 1. The van der Waals surface area contributed by atoms with Gasteiger partial charge in [0.1, 0.15) is 0 Å². The van der Waals surface area contributed by atoms with Crippen molar-refractivity contribution in [2.45, 2.75) is 32.7 Å². The van der Waals surface area contributed by atoms with Gasteiger partial charge < -0.3 is 4.90 Å². The van der Waals surface area contributed by atoms with Gasteiger partial charge in [-0.25, -0.2) is 4.98 Å². The lowest BCUT2D eigenvalue weighted by Gasteiger charge is -2.18. The molecule has 22 heavy (non-hydrogen) atoms. The quantitative estimate of drug-likeness (QED) is 0.934. The topological polar surface area (TPSA) is 45.2 Å². The van der Waals surface area contributed by atoms with Crippen molar-refractivity contribution >= 4 is 22.4 Å². The van der Waals surface area contributed by atoms with Crippen LogP contribution >= 0.6 is 11.3 Å². The molecule has 0 saturated heterocycles. The normalized spacial score (nSPS) is 11.7. The number of anilines is 1. The van der Waals surface area contributed by atoms with E-state index in [1.54, 1.807) is 0 Å². The van der Waals surface area contributed by atoms with Crippen molar-refractivity contribution in [1.29, 1.82) is 0 Å². The Morgan fingerprint density at radius 2 is 1.86 bits per heavy atom. The summed E-state index contributed by atoms with van der Waals surface area (Å²) in [5.74, 6) is -0.119. The summed E-state index contributed by atoms with van der Waals surface area (Å²) in [4.78, 5) is 18.7. The van der Waals surface area contributed by atoms with Gasteiger partial charge in [0.2, 0.25) is 0 Å². The summed E-state index contributed by atoms with van der Waals surface area (Å²) in [5.41, 5.74) is 2.92. The number of hydrogen-bond donors (Lipinski definition) is 1. The highest BCUT2D eigenvalue weighted by Crippen LogP contribution is 2.23. The Hall–Kier alpha value is -1.72. The second-order valence-electron chi connectivity index (χ2n) is 6.66. The number of nitrogens with one attached hydrogen (secondary N) is 1. The Kier molecular flexibility index (Phi) is 4.98. The standard InChI is InChI=1S/C17H23N3OS/c1-17(2,3)13-8-6-12(7-9-13)15(21)19-16-18-14(11-22-16)10-20(4)5/h6-9,11H,10H2,1-5H3,(H,18,19,21). The van der Waals surface area contributed by atoms with Crippen molar-refractivity contribution < 1.29 is 4.79 Å². The third-order valence-corrected chi connectivity index (χ3v) is 4.07. The predicted molar refractivity (Wildman–Crippen MR) is 92.6 cm³/mol. The zero-order valence-corrected chi connectivity index (χ0v) is 14.6. The molecule has 0 radical (unpaired) electrons. The van der Waals surface area contributed by atoms with Crippen molar-refractivity contribution in [3.05, 3.63) is 46.5 Å². The van der Waals surface area contributed by atoms with Crippen LogP contribution in [0.4, 0.5) is 5.13 Å². The Balaban J connectivity index is 2.04. The smallest absolute Gasteiger partial charge is 0.257 e. The highest BCUT2D eigenvalue weighted by atomic mass is 32.1. The predicted octanol–water partition coefficient (Wildman–Crippen LogP) is 3.75. The fraction of sp³-hybridized carbons (Fsp3) is 0.412. The molecule has 0 bridgehead atoms. The Morgan fingerprint density at radius 1 is 1.23 bits per heavy atom. The first-order chi connectivity index (χ1) is 10.3. The zero-order valence-electron chi connectivity index (χ0n) is 13.8. The van der Waals surface area contributed by atoms with E-state index >= 15 is 0 Å². The molecule has 0 unspecified atom stereocenters. The van der Waals surface area contributed by atoms with Gasteiger partial charge in [-0.15, -0.1) is 11.3 Å². The number of rotatable bonds is 4. The molecule has 4 nitrogen and oxygen atoms in total. The number of carbonyl (C=O) groups excluding carboxylic acids is 1. The maximum atomic E-state index is 12.3. The summed E-state index contributed by atoms with van der Waals surface area (Å²) >= 11 is 1.45. The van der Waals surface area contributed by atoms with Crippen LogP contribution in [0.1, 0.15) is 42.4 Å². The molecule has 0 aliphatic carbocycles. The van der Waals surface area contributed by atoms with Crippen LogP contribution in [0.5, 0.6) is 0 Å². The Bertz CT molecular complexity index is 639. The molecule has 5 heteroatoms. The number of aromatic nitrogens is 1. The SMILES string of the molecule is CN(C)Cc1csc(NC(=O)c2ccc(C(C)(C)C)cc2)n1. The van der Waals surface area contributed by atoms with Gasteiger partial charge >= 0.3 is 0 Å². The molecule has 1 amide bonds. The van der Waals surface area contributed by atoms with E-state index in [0.29, 0.717) is 10.7 Å². The lowest BCUT2D eigenvalue weighted by molar-refractivity contribution is 0.102. The van der Waals surface area contributed by atoms with Crippen LogP contribution in [-0.4, -0.2) is 29.9 Å². The molecule has 0 aliphatic heterocycles. The van der Waals surface area contributed by atoms with Crippen molar-refractivity contribution in [2.75, 3.05) is 19.4 Å². The van der Waals surface area contributed by atoms with Gasteiger partial charge in [0.15, 0.2) is 5.13 Å². The molecule has 2 rings (SSSR count). The highest BCUT2D eigenvalue weighted by molar-refractivity contribution is 7.13. The van der Waals surface area contributed by atoms with Crippen molar-refractivity contribution in [3.8, 4) is 0 Å². The molecule has 0 spiro atoms. The minimum Gasteiger partial charge on any atom is -0.304 e. The fourth-order valence-electron chi connectivity index (χ4n) is 2.05. The zero-order chi connectivity index (χ0) is 16.3. The minimum absolute atomic E-state index is 0.0887. The van der Waals surface area contributed by atoms with Crippen molar-refractivity contribution in [1.82, 2.24) is 9.88 Å². The van der Waals surface area contributed by atoms with Gasteiger partial charge in [0.25, 0.3) is 5.91 Å². The minimum atomic E-state index is -0.119. The third kappa shape index (κ3) is 4.39. The van der Waals surface area contributed by atoms with Crippen LogP contribution in [0.2, 0.25) is 0 Å². The summed E-state index contributed by atoms with van der Waals surface area (Å²) < 4.78 is 0. The van der Waals surface area contributed by atoms with E-state index < -0.39 is 0 Å². The Morgan fingerprint density at radius 3 is 2.41 bits per heavy atom. The van der Waals surface area contributed by atoms with Crippen LogP contribution < -0.4 is 5.32 Å². The van der Waals surface area contributed by atoms with E-state index in [4.69, 9.17) is 0 Å². The molecule has 1 N–H and O–H groups in total. The lowest BCUT2D eigenvalue weighted by Crippen LogP contribution is -2.14. The third-order valence-electron chi connectivity index (χ3n) is 3.26. The van der Waals surface area contributed by atoms with E-state index in [2.05, 4.69) is 31.1 Å². The van der Waals surface area contributed by atoms with Crippen molar-refractivity contribution in [2.24, 2.45) is 0 Å². The molecule has 0 atom stereocenters. The molecule has 0 saturated carbocycles. The van der Waals surface area contributed by atoms with Crippen LogP contribution in [0, 0.1) is 0 Å². The molecular weight excluding hydrogens is 294 g/mol. The van der Waals surface area contributed by atoms with Crippen LogP contribution in [0.3, 0.4) is 0 Å². The van der Waals surface area contributed by atoms with Crippen LogP contribution in [-0.2, 0) is 12.0 Å². The van der Waals surface area contributed by atoms with E-state index in [1.165, 1.54) is 16.9 Å². The molecule has 0 fully saturated rings. The summed E-state index contributed by atoms with van der Waals surface area (Å²) in [5, 5.41) is 5.47. The van der Waals surface area contributed by atoms with Crippen molar-refractivity contribution in [3.63, 3.8) is 0 Å². The summed E-state index contributed by atoms with van der Waals surface area (Å²) in [6.07, 6.45) is 0. The van der Waals surface area contributed by atoms with E-state index in [9.17, 15) is 4.79 Å². The number of amides is 1. The van der Waals surface area contributed by atoms with E-state index in [-0.39, 0.29) is 11.3 Å². The first kappa shape index (κ1) is 16.6. The average molecular weight is 317 g/mol. The van der Waals surface area contributed by atoms with Crippen LogP contribution in [0.25, 0.3) is 0 Å². The molecule has 1 aromatic heterocycles. The van der Waals surface area contributed by atoms with Gasteiger partial charge in [0, 0.05) is 17.5 Å². The molecular formula is C17H23N3OS. The molecule has 0 aliphatic rings. The monoisotopic (exact) mass is 317 g/mol. The van der Waals surface area contributed by atoms with Gasteiger partial charge in [-0.05, 0) is 37.2 Å². The number of benzene rings is 1. The second-order valence-corrected chi connectivity index (χ2v) is 7.52. The molecule has 1 aromatic carbocycles. The van der Waals surface area contributed by atoms with Gasteiger partial charge in [-0.3, -0.25) is 10.1 Å². The molecule has 2 aromatic rings. The number of carbonyl (C=O) groups is 1. The first-order valence-electron chi connectivity index (χ1n) is 7.27. The van der Waals surface area contributed by atoms with Gasteiger partial charge in [-0.1, -0.05) is 32.9 Å². The van der Waals surface area contributed by atoms with E-state index in [0.717, 1.165) is 12.2 Å². The highest BCUT2D eigenvalue weighted by Gasteiger charge is 2.15. The first-order valence-corrected chi connectivity index (χ1v) is 8.15. The fourth-order valence-corrected chi connectivity index (χ4v) is 2.75. The molecule has 1 heterocycles. The average Bonchev–Trinajstić information content (AvgIpc) is 2.84. The maximum absolute atomic E-state index is 12.3.